The lowest BCUT2D eigenvalue weighted by atomic mass is 9.78. The number of hydrogen-bond donors (Lipinski definition) is 0. The molecule has 2 heterocycles. The molecule has 41 heavy (non-hydrogen) atoms. The van der Waals surface area contributed by atoms with Gasteiger partial charge in [0, 0.05) is 24.2 Å². The van der Waals surface area contributed by atoms with Gasteiger partial charge in [0.1, 0.15) is 0 Å². The summed E-state index contributed by atoms with van der Waals surface area (Å²) in [6, 6.07) is 10.4. The topological polar surface area (TPSA) is 77.1 Å². The van der Waals surface area contributed by atoms with E-state index < -0.39 is 0 Å². The van der Waals surface area contributed by atoms with Crippen molar-refractivity contribution in [2.24, 2.45) is 0 Å². The van der Waals surface area contributed by atoms with Gasteiger partial charge in [-0.05, 0) is 71.8 Å². The highest BCUT2D eigenvalue weighted by Gasteiger charge is 2.42. The minimum absolute atomic E-state index is 0.0393. The molecule has 3 aromatic rings. The maximum absolute atomic E-state index is 6.05. The zero-order valence-corrected chi connectivity index (χ0v) is 25.1. The molecule has 0 bridgehead atoms. The average molecular weight is 566 g/mol. The fourth-order valence-electron chi connectivity index (χ4n) is 6.48. The smallest absolute Gasteiger partial charge is 0.203 e. The summed E-state index contributed by atoms with van der Waals surface area (Å²) < 4.78 is 45.9. The Balaban J connectivity index is 1.70. The Morgan fingerprint density at radius 1 is 0.585 bits per heavy atom. The van der Waals surface area contributed by atoms with Gasteiger partial charge >= 0.3 is 0 Å². The molecule has 0 saturated carbocycles. The van der Waals surface area contributed by atoms with Gasteiger partial charge in [-0.15, -0.1) is 0 Å². The molecular weight excluding hydrogens is 526 g/mol. The van der Waals surface area contributed by atoms with Gasteiger partial charge < -0.3 is 37.9 Å². The van der Waals surface area contributed by atoms with Gasteiger partial charge in [0.15, 0.2) is 34.5 Å². The number of benzene rings is 3. The number of ether oxygens (including phenoxy) is 8. The minimum atomic E-state index is -0.0393. The van der Waals surface area contributed by atoms with E-state index in [1.807, 2.05) is 12.1 Å². The van der Waals surface area contributed by atoms with E-state index in [9.17, 15) is 0 Å². The fraction of sp³-hybridized carbons (Fsp3) is 0.438. The Morgan fingerprint density at radius 2 is 1.12 bits per heavy atom. The summed E-state index contributed by atoms with van der Waals surface area (Å²) in [5.74, 6) is 5.21. The van der Waals surface area contributed by atoms with Crippen molar-refractivity contribution in [3.05, 3.63) is 58.1 Å². The van der Waals surface area contributed by atoms with Gasteiger partial charge in [-0.25, -0.2) is 0 Å². The molecule has 9 heteroatoms. The van der Waals surface area contributed by atoms with E-state index in [0.29, 0.717) is 40.9 Å². The van der Waals surface area contributed by atoms with Crippen LogP contribution in [0.15, 0.2) is 30.3 Å². The molecule has 2 aliphatic heterocycles. The molecule has 0 N–H and O–H groups in total. The highest BCUT2D eigenvalue weighted by Crippen LogP contribution is 2.54. The lowest BCUT2D eigenvalue weighted by molar-refractivity contribution is 0.103. The summed E-state index contributed by atoms with van der Waals surface area (Å²) in [6.07, 6.45) is 2.33. The molecule has 0 aliphatic carbocycles. The first-order chi connectivity index (χ1) is 20.0. The van der Waals surface area contributed by atoms with Crippen LogP contribution in [0.4, 0.5) is 0 Å². The first-order valence-electron chi connectivity index (χ1n) is 13.6. The standard InChI is InChI=1S/C32H39NO8/c1-34-24-15-19-9-10-33-22(21(19)17-25(24)35-2)14-20-16-28(38-5)31(40-7)32(41-8)29(20)23(33)11-18-12-26(36-3)30(39-6)27(13-18)37-4/h12-13,15-17,22-23H,9-11,14H2,1-8H3/t22-,23-/m1/s1. The number of methoxy groups -OCH3 is 8. The van der Waals surface area contributed by atoms with E-state index in [4.69, 9.17) is 37.9 Å². The Hall–Kier alpha value is -3.98. The van der Waals surface area contributed by atoms with Gasteiger partial charge in [0.05, 0.1) is 56.9 Å². The van der Waals surface area contributed by atoms with E-state index in [2.05, 4.69) is 23.1 Å². The van der Waals surface area contributed by atoms with Crippen molar-refractivity contribution in [1.82, 2.24) is 4.90 Å². The van der Waals surface area contributed by atoms with Crippen LogP contribution in [0.5, 0.6) is 46.0 Å². The van der Waals surface area contributed by atoms with Gasteiger partial charge in [-0.2, -0.15) is 0 Å². The van der Waals surface area contributed by atoms with Crippen LogP contribution >= 0.6 is 0 Å². The van der Waals surface area contributed by atoms with E-state index in [1.165, 1.54) is 11.1 Å². The van der Waals surface area contributed by atoms with Crippen LogP contribution in [0, 0.1) is 0 Å². The third-order valence-corrected chi connectivity index (χ3v) is 8.30. The third-order valence-electron chi connectivity index (χ3n) is 8.30. The van der Waals surface area contributed by atoms with Crippen molar-refractivity contribution < 1.29 is 37.9 Å². The van der Waals surface area contributed by atoms with Gasteiger partial charge in [0.2, 0.25) is 11.5 Å². The fourth-order valence-corrected chi connectivity index (χ4v) is 6.48. The summed E-state index contributed by atoms with van der Waals surface area (Å²) in [5.41, 5.74) is 5.81. The van der Waals surface area contributed by atoms with Crippen LogP contribution in [0.3, 0.4) is 0 Å². The van der Waals surface area contributed by atoms with Gasteiger partial charge in [-0.3, -0.25) is 4.90 Å². The number of hydrogen-bond acceptors (Lipinski definition) is 9. The molecule has 2 aliphatic rings. The summed E-state index contributed by atoms with van der Waals surface area (Å²) in [7, 11) is 13.2. The Bertz CT molecular complexity index is 1400. The third kappa shape index (κ3) is 4.82. The van der Waals surface area contributed by atoms with Crippen LogP contribution < -0.4 is 37.9 Å². The lowest BCUT2D eigenvalue weighted by Crippen LogP contribution is -2.43. The monoisotopic (exact) mass is 565 g/mol. The summed E-state index contributed by atoms with van der Waals surface area (Å²) in [6.45, 7) is 0.860. The van der Waals surface area contributed by atoms with Crippen LogP contribution in [0.1, 0.15) is 39.9 Å². The highest BCUT2D eigenvalue weighted by atomic mass is 16.5. The normalized spacial score (nSPS) is 17.5. The van der Waals surface area contributed by atoms with E-state index >= 15 is 0 Å². The quantitative estimate of drug-likeness (QED) is 0.330. The average Bonchev–Trinajstić information content (AvgIpc) is 3.01. The molecule has 9 nitrogen and oxygen atoms in total. The summed E-state index contributed by atoms with van der Waals surface area (Å²) >= 11 is 0. The molecule has 0 saturated heterocycles. The number of fused-ring (bicyclic) bond motifs is 4. The molecule has 0 amide bonds. The van der Waals surface area contributed by atoms with Gasteiger partial charge in [-0.1, -0.05) is 0 Å². The van der Waals surface area contributed by atoms with Gasteiger partial charge in [0.25, 0.3) is 0 Å². The van der Waals surface area contributed by atoms with E-state index in [0.717, 1.165) is 47.6 Å². The first-order valence-corrected chi connectivity index (χ1v) is 13.6. The van der Waals surface area contributed by atoms with Crippen LogP contribution in [-0.4, -0.2) is 68.3 Å². The number of nitrogens with zero attached hydrogens (tertiary/aromatic N) is 1. The SMILES string of the molecule is COc1cc2c(cc1OC)[C@H]1Cc3cc(OC)c(OC)c(OC)c3[C@@H](Cc3cc(OC)c(OC)c(OC)c3)N1CC2. The molecule has 5 rings (SSSR count). The Morgan fingerprint density at radius 3 is 1.68 bits per heavy atom. The molecule has 3 aromatic carbocycles. The first kappa shape index (κ1) is 28.5. The molecule has 2 atom stereocenters. The second-order valence-corrected chi connectivity index (χ2v) is 10.1. The van der Waals surface area contributed by atoms with Crippen LogP contribution in [0.2, 0.25) is 0 Å². The maximum atomic E-state index is 6.05. The zero-order valence-electron chi connectivity index (χ0n) is 25.1. The molecule has 0 fully saturated rings. The predicted octanol–water partition coefficient (Wildman–Crippen LogP) is 5.19. The highest BCUT2D eigenvalue weighted by molar-refractivity contribution is 5.63. The Kier molecular flexibility index (Phi) is 8.26. The molecule has 0 unspecified atom stereocenters. The molecule has 220 valence electrons. The molecule has 0 radical (unpaired) electrons. The molecular formula is C32H39NO8. The Labute approximate surface area is 241 Å². The van der Waals surface area contributed by atoms with Crippen LogP contribution in [0.25, 0.3) is 0 Å². The lowest BCUT2D eigenvalue weighted by Gasteiger charge is -2.47. The summed E-state index contributed by atoms with van der Waals surface area (Å²) in [4.78, 5) is 2.56. The molecule has 0 aromatic heterocycles. The summed E-state index contributed by atoms with van der Waals surface area (Å²) in [5, 5.41) is 0. The van der Waals surface area contributed by atoms with Crippen molar-refractivity contribution in [3.63, 3.8) is 0 Å². The van der Waals surface area contributed by atoms with Crippen LogP contribution in [-0.2, 0) is 19.3 Å². The molecule has 0 spiro atoms. The van der Waals surface area contributed by atoms with E-state index in [1.54, 1.807) is 56.9 Å². The van der Waals surface area contributed by atoms with Crippen molar-refractivity contribution in [1.29, 1.82) is 0 Å². The number of rotatable bonds is 10. The predicted molar refractivity (Wildman–Crippen MR) is 155 cm³/mol. The van der Waals surface area contributed by atoms with Crippen molar-refractivity contribution in [2.45, 2.75) is 31.3 Å². The largest absolute Gasteiger partial charge is 0.493 e. The maximum Gasteiger partial charge on any atom is 0.203 e. The van der Waals surface area contributed by atoms with Crippen molar-refractivity contribution in [3.8, 4) is 46.0 Å². The second kappa shape index (κ2) is 11.9. The second-order valence-electron chi connectivity index (χ2n) is 10.1. The minimum Gasteiger partial charge on any atom is -0.493 e. The van der Waals surface area contributed by atoms with E-state index in [-0.39, 0.29) is 12.1 Å². The van der Waals surface area contributed by atoms with Crippen molar-refractivity contribution >= 4 is 0 Å². The zero-order chi connectivity index (χ0) is 29.3. The van der Waals surface area contributed by atoms with Crippen molar-refractivity contribution in [2.75, 3.05) is 63.4 Å².